The molecular weight excluding hydrogens is 244 g/mol. The number of hydrazine groups is 1. The van der Waals surface area contributed by atoms with Gasteiger partial charge in [-0.15, -0.1) is 0 Å². The van der Waals surface area contributed by atoms with E-state index in [0.717, 1.165) is 30.6 Å². The SMILES string of the molecule is Cc1ccc(CCC(CC2CC3CCC2C3)NN)cc1. The molecule has 0 aromatic heterocycles. The Morgan fingerprint density at radius 3 is 2.60 bits per heavy atom. The van der Waals surface area contributed by atoms with E-state index in [9.17, 15) is 0 Å². The molecule has 1 aromatic carbocycles. The lowest BCUT2D eigenvalue weighted by Crippen LogP contribution is -2.37. The Morgan fingerprint density at radius 2 is 2.00 bits per heavy atom. The van der Waals surface area contributed by atoms with Crippen molar-refractivity contribution in [1.82, 2.24) is 5.43 Å². The van der Waals surface area contributed by atoms with Crippen molar-refractivity contribution in [2.45, 2.75) is 57.9 Å². The van der Waals surface area contributed by atoms with E-state index in [0.29, 0.717) is 6.04 Å². The third-order valence-electron chi connectivity index (χ3n) is 5.61. The third kappa shape index (κ3) is 3.24. The maximum atomic E-state index is 5.79. The quantitative estimate of drug-likeness (QED) is 0.613. The second-order valence-corrected chi connectivity index (χ2v) is 7.06. The fourth-order valence-electron chi connectivity index (χ4n) is 4.40. The summed E-state index contributed by atoms with van der Waals surface area (Å²) in [5.41, 5.74) is 5.84. The van der Waals surface area contributed by atoms with Crippen molar-refractivity contribution >= 4 is 0 Å². The summed E-state index contributed by atoms with van der Waals surface area (Å²) in [4.78, 5) is 0. The summed E-state index contributed by atoms with van der Waals surface area (Å²) < 4.78 is 0. The Labute approximate surface area is 123 Å². The van der Waals surface area contributed by atoms with E-state index in [1.165, 1.54) is 43.2 Å². The van der Waals surface area contributed by atoms with Gasteiger partial charge in [-0.1, -0.05) is 36.2 Å². The van der Waals surface area contributed by atoms with Crippen LogP contribution in [0.25, 0.3) is 0 Å². The molecule has 110 valence electrons. The molecule has 0 amide bonds. The van der Waals surface area contributed by atoms with Crippen LogP contribution >= 0.6 is 0 Å². The van der Waals surface area contributed by atoms with Crippen LogP contribution in [0, 0.1) is 24.7 Å². The van der Waals surface area contributed by atoms with Crippen LogP contribution in [0.4, 0.5) is 0 Å². The number of rotatable bonds is 6. The number of hydrogen-bond donors (Lipinski definition) is 2. The molecule has 0 radical (unpaired) electrons. The monoisotopic (exact) mass is 272 g/mol. The molecule has 2 aliphatic rings. The van der Waals surface area contributed by atoms with E-state index in [1.54, 1.807) is 0 Å². The summed E-state index contributed by atoms with van der Waals surface area (Å²) in [6.07, 6.45) is 9.51. The van der Waals surface area contributed by atoms with Crippen LogP contribution in [0.2, 0.25) is 0 Å². The first kappa shape index (κ1) is 14.1. The van der Waals surface area contributed by atoms with Crippen molar-refractivity contribution in [3.63, 3.8) is 0 Å². The molecule has 4 atom stereocenters. The summed E-state index contributed by atoms with van der Waals surface area (Å²) in [6, 6.07) is 9.40. The molecular formula is C18H28N2. The summed E-state index contributed by atoms with van der Waals surface area (Å²) in [5, 5.41) is 0. The molecule has 20 heavy (non-hydrogen) atoms. The van der Waals surface area contributed by atoms with Gasteiger partial charge in [0.05, 0.1) is 0 Å². The summed E-state index contributed by atoms with van der Waals surface area (Å²) in [6.45, 7) is 2.14. The molecule has 4 unspecified atom stereocenters. The average Bonchev–Trinajstić information content (AvgIpc) is 3.07. The lowest BCUT2D eigenvalue weighted by molar-refractivity contribution is 0.272. The van der Waals surface area contributed by atoms with Crippen molar-refractivity contribution in [2.24, 2.45) is 23.6 Å². The normalized spacial score (nSPS) is 29.8. The lowest BCUT2D eigenvalue weighted by Gasteiger charge is -2.26. The van der Waals surface area contributed by atoms with Gasteiger partial charge in [0.15, 0.2) is 0 Å². The molecule has 1 aromatic rings. The smallest absolute Gasteiger partial charge is 0.0216 e. The largest absolute Gasteiger partial charge is 0.271 e. The highest BCUT2D eigenvalue weighted by molar-refractivity contribution is 5.21. The number of benzene rings is 1. The van der Waals surface area contributed by atoms with E-state index in [-0.39, 0.29) is 0 Å². The molecule has 2 fully saturated rings. The standard InChI is InChI=1S/C18H28N2/c1-13-2-4-14(5-3-13)7-9-18(20-19)12-17-11-15-6-8-16(17)10-15/h2-5,15-18,20H,6-12,19H2,1H3. The van der Waals surface area contributed by atoms with Crippen LogP contribution in [0.3, 0.4) is 0 Å². The predicted molar refractivity (Wildman–Crippen MR) is 84.2 cm³/mol. The minimum Gasteiger partial charge on any atom is -0.271 e. The molecule has 3 rings (SSSR count). The second kappa shape index (κ2) is 6.28. The summed E-state index contributed by atoms with van der Waals surface area (Å²) in [7, 11) is 0. The second-order valence-electron chi connectivity index (χ2n) is 7.06. The van der Waals surface area contributed by atoms with Crippen molar-refractivity contribution in [2.75, 3.05) is 0 Å². The fourth-order valence-corrected chi connectivity index (χ4v) is 4.40. The van der Waals surface area contributed by atoms with E-state index < -0.39 is 0 Å². The minimum absolute atomic E-state index is 0.487. The highest BCUT2D eigenvalue weighted by Gasteiger charge is 2.39. The van der Waals surface area contributed by atoms with Crippen LogP contribution in [-0.4, -0.2) is 6.04 Å². The molecule has 2 bridgehead atoms. The zero-order chi connectivity index (χ0) is 13.9. The molecule has 2 nitrogen and oxygen atoms in total. The average molecular weight is 272 g/mol. The van der Waals surface area contributed by atoms with Gasteiger partial charge in [-0.25, -0.2) is 0 Å². The van der Waals surface area contributed by atoms with Gasteiger partial charge >= 0.3 is 0 Å². The van der Waals surface area contributed by atoms with Crippen LogP contribution in [-0.2, 0) is 6.42 Å². The van der Waals surface area contributed by atoms with Gasteiger partial charge in [-0.05, 0) is 68.8 Å². The van der Waals surface area contributed by atoms with Crippen molar-refractivity contribution in [1.29, 1.82) is 0 Å². The van der Waals surface area contributed by atoms with Gasteiger partial charge in [0.1, 0.15) is 0 Å². The molecule has 2 saturated carbocycles. The maximum Gasteiger partial charge on any atom is 0.0216 e. The maximum absolute atomic E-state index is 5.79. The van der Waals surface area contributed by atoms with E-state index in [2.05, 4.69) is 36.6 Å². The summed E-state index contributed by atoms with van der Waals surface area (Å²) in [5.74, 6) is 8.78. The zero-order valence-corrected chi connectivity index (χ0v) is 12.6. The number of hydrogen-bond acceptors (Lipinski definition) is 2. The van der Waals surface area contributed by atoms with Crippen molar-refractivity contribution < 1.29 is 0 Å². The third-order valence-corrected chi connectivity index (χ3v) is 5.61. The molecule has 0 heterocycles. The number of nitrogens with one attached hydrogen (secondary N) is 1. The van der Waals surface area contributed by atoms with Gasteiger partial charge in [-0.3, -0.25) is 11.3 Å². The number of aryl methyl sites for hydroxylation is 2. The predicted octanol–water partition coefficient (Wildman–Crippen LogP) is 3.59. The summed E-state index contributed by atoms with van der Waals surface area (Å²) >= 11 is 0. The van der Waals surface area contributed by atoms with Crippen molar-refractivity contribution in [3.8, 4) is 0 Å². The van der Waals surface area contributed by atoms with E-state index in [1.807, 2.05) is 0 Å². The van der Waals surface area contributed by atoms with Crippen LogP contribution in [0.5, 0.6) is 0 Å². The van der Waals surface area contributed by atoms with Gasteiger partial charge in [0.2, 0.25) is 0 Å². The molecule has 0 aliphatic heterocycles. The topological polar surface area (TPSA) is 38.0 Å². The highest BCUT2D eigenvalue weighted by atomic mass is 15.2. The van der Waals surface area contributed by atoms with Crippen LogP contribution < -0.4 is 11.3 Å². The first-order valence-electron chi connectivity index (χ1n) is 8.26. The fraction of sp³-hybridized carbons (Fsp3) is 0.667. The van der Waals surface area contributed by atoms with Crippen LogP contribution in [0.1, 0.15) is 49.7 Å². The van der Waals surface area contributed by atoms with Gasteiger partial charge < -0.3 is 0 Å². The van der Waals surface area contributed by atoms with E-state index >= 15 is 0 Å². The number of fused-ring (bicyclic) bond motifs is 2. The Hall–Kier alpha value is -0.860. The van der Waals surface area contributed by atoms with Gasteiger partial charge in [-0.2, -0.15) is 0 Å². The first-order valence-corrected chi connectivity index (χ1v) is 8.26. The highest BCUT2D eigenvalue weighted by Crippen LogP contribution is 2.49. The van der Waals surface area contributed by atoms with Crippen LogP contribution in [0.15, 0.2) is 24.3 Å². The molecule has 2 aliphatic carbocycles. The van der Waals surface area contributed by atoms with Gasteiger partial charge in [0.25, 0.3) is 0 Å². The van der Waals surface area contributed by atoms with Gasteiger partial charge in [0, 0.05) is 6.04 Å². The first-order chi connectivity index (χ1) is 9.74. The Morgan fingerprint density at radius 1 is 1.20 bits per heavy atom. The molecule has 2 heteroatoms. The lowest BCUT2D eigenvalue weighted by atomic mass is 9.83. The molecule has 0 spiro atoms. The Kier molecular flexibility index (Phi) is 4.42. The minimum atomic E-state index is 0.487. The Balaban J connectivity index is 1.48. The Bertz CT molecular complexity index is 426. The molecule has 0 saturated heterocycles. The van der Waals surface area contributed by atoms with Crippen molar-refractivity contribution in [3.05, 3.63) is 35.4 Å². The van der Waals surface area contributed by atoms with E-state index in [4.69, 9.17) is 5.84 Å². The molecule has 3 N–H and O–H groups in total. The zero-order valence-electron chi connectivity index (χ0n) is 12.6. The number of nitrogens with two attached hydrogens (primary N) is 1.